The van der Waals surface area contributed by atoms with E-state index in [0.29, 0.717) is 38.0 Å². The lowest BCUT2D eigenvalue weighted by Gasteiger charge is -2.09. The molecule has 0 aliphatic carbocycles. The third kappa shape index (κ3) is 2.99. The molecule has 0 unspecified atom stereocenters. The van der Waals surface area contributed by atoms with Crippen LogP contribution in [0.25, 0.3) is 28.2 Å². The van der Waals surface area contributed by atoms with E-state index < -0.39 is 0 Å². The Balaban J connectivity index is 2.05. The monoisotopic (exact) mass is 481 g/mol. The number of methoxy groups -OCH3 is 1. The number of ether oxygens (including phenoxy) is 1. The highest BCUT2D eigenvalue weighted by Crippen LogP contribution is 2.31. The van der Waals surface area contributed by atoms with Crippen molar-refractivity contribution < 1.29 is 9.13 Å². The van der Waals surface area contributed by atoms with E-state index in [1.165, 1.54) is 12.1 Å². The highest BCUT2D eigenvalue weighted by molar-refractivity contribution is 14.1. The third-order valence-corrected chi connectivity index (χ3v) is 4.45. The van der Waals surface area contributed by atoms with Gasteiger partial charge in [0, 0.05) is 34.2 Å². The summed E-state index contributed by atoms with van der Waals surface area (Å²) < 4.78 is 21.1. The molecular formula is C17H10ClFIN5O. The average molecular weight is 482 g/mol. The van der Waals surface area contributed by atoms with Crippen LogP contribution in [0.2, 0.25) is 5.15 Å². The maximum Gasteiger partial charge on any atom is 0.213 e. The number of benzene rings is 1. The molecule has 1 aromatic carbocycles. The molecule has 0 saturated heterocycles. The van der Waals surface area contributed by atoms with Gasteiger partial charge in [0.1, 0.15) is 17.2 Å². The molecule has 26 heavy (non-hydrogen) atoms. The van der Waals surface area contributed by atoms with Gasteiger partial charge in [-0.05, 0) is 18.2 Å². The summed E-state index contributed by atoms with van der Waals surface area (Å²) in [4.78, 5) is 17.4. The van der Waals surface area contributed by atoms with Gasteiger partial charge in [-0.3, -0.25) is 4.57 Å². The predicted molar refractivity (Wildman–Crippen MR) is 104 cm³/mol. The molecular weight excluding hydrogens is 472 g/mol. The van der Waals surface area contributed by atoms with E-state index in [2.05, 4.69) is 19.9 Å². The molecule has 0 aliphatic rings. The minimum Gasteiger partial charge on any atom is -0.481 e. The Morgan fingerprint density at radius 2 is 2.00 bits per heavy atom. The van der Waals surface area contributed by atoms with E-state index in [1.54, 1.807) is 36.1 Å². The number of hydrogen-bond acceptors (Lipinski definition) is 5. The Hall–Kier alpha value is -2.33. The van der Waals surface area contributed by atoms with Crippen LogP contribution in [0.4, 0.5) is 4.39 Å². The van der Waals surface area contributed by atoms with Crippen molar-refractivity contribution in [3.63, 3.8) is 0 Å². The second-order valence-corrected chi connectivity index (χ2v) is 6.62. The second-order valence-electron chi connectivity index (χ2n) is 5.30. The fourth-order valence-electron chi connectivity index (χ4n) is 2.59. The number of aromatic nitrogens is 5. The van der Waals surface area contributed by atoms with Crippen LogP contribution in [0.1, 0.15) is 0 Å². The van der Waals surface area contributed by atoms with Crippen molar-refractivity contribution in [2.24, 2.45) is 0 Å². The molecule has 0 fully saturated rings. The van der Waals surface area contributed by atoms with Gasteiger partial charge in [0.05, 0.1) is 19.0 Å². The van der Waals surface area contributed by atoms with Gasteiger partial charge in [0.25, 0.3) is 0 Å². The van der Waals surface area contributed by atoms with Crippen molar-refractivity contribution in [3.8, 4) is 23.0 Å². The van der Waals surface area contributed by atoms with E-state index in [0.717, 1.165) is 0 Å². The van der Waals surface area contributed by atoms with Crippen molar-refractivity contribution in [3.05, 3.63) is 57.4 Å². The molecule has 0 aliphatic heterocycles. The molecule has 130 valence electrons. The molecule has 3 aromatic heterocycles. The number of nitrogens with zero attached hydrogens (tertiary/aromatic N) is 5. The van der Waals surface area contributed by atoms with Crippen LogP contribution >= 0.6 is 34.2 Å². The topological polar surface area (TPSA) is 65.7 Å². The zero-order valence-corrected chi connectivity index (χ0v) is 16.2. The van der Waals surface area contributed by atoms with E-state index in [4.69, 9.17) is 16.3 Å². The fraction of sp³-hybridized carbons (Fsp3) is 0.0588. The SMILES string of the molecule is COc1ccc(-n2c(-c3cccc(F)c3)nc3c(Cl)nc(I)nc32)cn1. The molecule has 0 spiro atoms. The molecule has 0 saturated carbocycles. The Morgan fingerprint density at radius 1 is 1.15 bits per heavy atom. The Kier molecular flexibility index (Phi) is 4.45. The lowest BCUT2D eigenvalue weighted by Crippen LogP contribution is -2.01. The predicted octanol–water partition coefficient (Wildman–Crippen LogP) is 4.28. The molecule has 3 heterocycles. The second kappa shape index (κ2) is 6.76. The molecule has 0 radical (unpaired) electrons. The zero-order valence-electron chi connectivity index (χ0n) is 13.3. The zero-order chi connectivity index (χ0) is 18.3. The summed E-state index contributed by atoms with van der Waals surface area (Å²) in [6.07, 6.45) is 1.63. The van der Waals surface area contributed by atoms with Gasteiger partial charge in [0.15, 0.2) is 14.6 Å². The molecule has 0 bridgehead atoms. The summed E-state index contributed by atoms with van der Waals surface area (Å²) in [5, 5.41) is 0.234. The van der Waals surface area contributed by atoms with Crippen LogP contribution in [-0.4, -0.2) is 31.6 Å². The molecule has 4 aromatic rings. The van der Waals surface area contributed by atoms with E-state index in [9.17, 15) is 4.39 Å². The van der Waals surface area contributed by atoms with Crippen molar-refractivity contribution >= 4 is 45.4 Å². The highest BCUT2D eigenvalue weighted by Gasteiger charge is 2.19. The van der Waals surface area contributed by atoms with Crippen LogP contribution in [0.3, 0.4) is 0 Å². The maximum atomic E-state index is 13.8. The fourth-order valence-corrected chi connectivity index (χ4v) is 3.41. The number of rotatable bonds is 3. The summed E-state index contributed by atoms with van der Waals surface area (Å²) >= 11 is 8.25. The first-order chi connectivity index (χ1) is 12.6. The Bertz CT molecular complexity index is 1120. The number of pyridine rings is 1. The van der Waals surface area contributed by atoms with Gasteiger partial charge in [-0.1, -0.05) is 23.7 Å². The highest BCUT2D eigenvalue weighted by atomic mass is 127. The summed E-state index contributed by atoms with van der Waals surface area (Å²) in [6.45, 7) is 0. The largest absolute Gasteiger partial charge is 0.481 e. The first kappa shape index (κ1) is 17.1. The van der Waals surface area contributed by atoms with Crippen molar-refractivity contribution in [1.29, 1.82) is 0 Å². The lowest BCUT2D eigenvalue weighted by atomic mass is 10.2. The molecule has 9 heteroatoms. The van der Waals surface area contributed by atoms with Gasteiger partial charge in [-0.2, -0.15) is 0 Å². The number of imidazole rings is 1. The first-order valence-corrected chi connectivity index (χ1v) is 8.90. The standard InChI is InChI=1S/C17H10ClFIN5O/c1-26-12-6-5-11(8-21-12)25-15(9-3-2-4-10(19)7-9)22-13-14(18)23-17(20)24-16(13)25/h2-8H,1H3. The van der Waals surface area contributed by atoms with E-state index >= 15 is 0 Å². The van der Waals surface area contributed by atoms with Gasteiger partial charge in [-0.15, -0.1) is 0 Å². The molecule has 4 rings (SSSR count). The summed E-state index contributed by atoms with van der Waals surface area (Å²) in [6, 6.07) is 9.72. The molecule has 0 atom stereocenters. The van der Waals surface area contributed by atoms with Crippen LogP contribution in [0.15, 0.2) is 42.6 Å². The van der Waals surface area contributed by atoms with Crippen molar-refractivity contribution in [1.82, 2.24) is 24.5 Å². The molecule has 0 amide bonds. The summed E-state index contributed by atoms with van der Waals surface area (Å²) in [5.41, 5.74) is 2.23. The average Bonchev–Trinajstić information content (AvgIpc) is 3.01. The number of halogens is 3. The van der Waals surface area contributed by atoms with Crippen LogP contribution in [0, 0.1) is 9.65 Å². The Morgan fingerprint density at radius 3 is 2.69 bits per heavy atom. The van der Waals surface area contributed by atoms with E-state index in [-0.39, 0.29) is 11.0 Å². The maximum absolute atomic E-state index is 13.8. The van der Waals surface area contributed by atoms with Crippen LogP contribution in [0.5, 0.6) is 5.88 Å². The van der Waals surface area contributed by atoms with Gasteiger partial charge < -0.3 is 4.74 Å². The first-order valence-electron chi connectivity index (χ1n) is 7.44. The van der Waals surface area contributed by atoms with Crippen LogP contribution < -0.4 is 4.74 Å². The van der Waals surface area contributed by atoms with Gasteiger partial charge >= 0.3 is 0 Å². The lowest BCUT2D eigenvalue weighted by molar-refractivity contribution is 0.398. The minimum absolute atomic E-state index is 0.234. The minimum atomic E-state index is -0.360. The smallest absolute Gasteiger partial charge is 0.213 e. The number of fused-ring (bicyclic) bond motifs is 1. The third-order valence-electron chi connectivity index (χ3n) is 3.71. The Labute approximate surface area is 166 Å². The summed E-state index contributed by atoms with van der Waals surface area (Å²) in [7, 11) is 1.54. The van der Waals surface area contributed by atoms with Gasteiger partial charge in [0.2, 0.25) is 5.88 Å². The number of hydrogen-bond donors (Lipinski definition) is 0. The van der Waals surface area contributed by atoms with E-state index in [1.807, 2.05) is 28.7 Å². The molecule has 6 nitrogen and oxygen atoms in total. The van der Waals surface area contributed by atoms with Gasteiger partial charge in [-0.25, -0.2) is 24.3 Å². The van der Waals surface area contributed by atoms with Crippen molar-refractivity contribution in [2.45, 2.75) is 0 Å². The molecule has 0 N–H and O–H groups in total. The van der Waals surface area contributed by atoms with Crippen molar-refractivity contribution in [2.75, 3.05) is 7.11 Å². The van der Waals surface area contributed by atoms with Crippen LogP contribution in [-0.2, 0) is 0 Å². The normalized spacial score (nSPS) is 11.1. The quantitative estimate of drug-likeness (QED) is 0.248. The summed E-state index contributed by atoms with van der Waals surface area (Å²) in [5.74, 6) is 0.609.